The molecule has 254 valence electrons. The number of nitro benzene ring substituents is 1. The number of amides is 2. The number of anilines is 1. The third-order valence-electron chi connectivity index (χ3n) is 5.94. The molecule has 16 nitrogen and oxygen atoms in total. The highest BCUT2D eigenvalue weighted by atomic mass is 17.0. The smallest absolute Gasteiger partial charge is 0.408 e. The van der Waals surface area contributed by atoms with E-state index in [2.05, 4.69) is 10.6 Å². The number of alkyl carbamates (subject to hydrolysis) is 2. The first kappa shape index (κ1) is 34.8. The van der Waals surface area contributed by atoms with Crippen LogP contribution in [0.2, 0.25) is 0 Å². The predicted octanol–water partition coefficient (Wildman–Crippen LogP) is 6.33. The summed E-state index contributed by atoms with van der Waals surface area (Å²) in [5, 5.41) is 17.5. The summed E-state index contributed by atoms with van der Waals surface area (Å²) in [7, 11) is 0. The van der Waals surface area contributed by atoms with E-state index in [0.717, 1.165) is 6.07 Å². The number of nitrogens with one attached hydrogen (secondary N) is 2. The fourth-order valence-electron chi connectivity index (χ4n) is 4.06. The van der Waals surface area contributed by atoms with Crippen molar-refractivity contribution in [2.45, 2.75) is 65.8 Å². The summed E-state index contributed by atoms with van der Waals surface area (Å²) in [6, 6.07) is 13.9. The SMILES string of the molecule is CC(C)(C)OC(=O)NCc1ccc(C(=O)ON(OC(=O)c2ccc(CNC(=O)OC(C)(C)C)o2)c2ccc([N+](=O)[O-])c3ccccc23)o1. The molecule has 2 N–H and O–H groups in total. The molecule has 48 heavy (non-hydrogen) atoms. The number of hydrogen-bond acceptors (Lipinski definition) is 13. The van der Waals surface area contributed by atoms with Crippen LogP contribution in [-0.2, 0) is 32.2 Å². The van der Waals surface area contributed by atoms with E-state index in [0.29, 0.717) is 5.23 Å². The Morgan fingerprint density at radius 1 is 0.708 bits per heavy atom. The fourth-order valence-corrected chi connectivity index (χ4v) is 4.06. The van der Waals surface area contributed by atoms with Crippen molar-refractivity contribution < 1.29 is 52.1 Å². The molecule has 2 heterocycles. The van der Waals surface area contributed by atoms with Gasteiger partial charge in [0.25, 0.3) is 5.69 Å². The summed E-state index contributed by atoms with van der Waals surface area (Å²) >= 11 is 0. The number of carbonyl (C=O) groups is 4. The number of benzene rings is 2. The predicted molar refractivity (Wildman–Crippen MR) is 167 cm³/mol. The minimum atomic E-state index is -1.12. The van der Waals surface area contributed by atoms with Crippen molar-refractivity contribution >= 4 is 46.3 Å². The lowest BCUT2D eigenvalue weighted by Gasteiger charge is -2.21. The summed E-state index contributed by atoms with van der Waals surface area (Å²) in [4.78, 5) is 72.3. The van der Waals surface area contributed by atoms with Crippen molar-refractivity contribution in [1.82, 2.24) is 10.6 Å². The highest BCUT2D eigenvalue weighted by molar-refractivity contribution is 6.00. The van der Waals surface area contributed by atoms with Crippen LogP contribution in [0.3, 0.4) is 0 Å². The van der Waals surface area contributed by atoms with E-state index in [1.807, 2.05) is 0 Å². The highest BCUT2D eigenvalue weighted by Crippen LogP contribution is 2.34. The molecule has 0 radical (unpaired) electrons. The van der Waals surface area contributed by atoms with Crippen LogP contribution in [0.4, 0.5) is 21.0 Å². The Bertz CT molecular complexity index is 1750. The Morgan fingerprint density at radius 2 is 1.17 bits per heavy atom. The molecule has 4 aromatic rings. The van der Waals surface area contributed by atoms with E-state index < -0.39 is 40.3 Å². The molecule has 0 saturated heterocycles. The number of furan rings is 2. The molecule has 0 aliphatic heterocycles. The van der Waals surface area contributed by atoms with Crippen LogP contribution >= 0.6 is 0 Å². The second-order valence-electron chi connectivity index (χ2n) is 12.2. The van der Waals surface area contributed by atoms with Gasteiger partial charge in [0.05, 0.1) is 23.4 Å². The van der Waals surface area contributed by atoms with E-state index in [9.17, 15) is 29.3 Å². The van der Waals surface area contributed by atoms with Crippen LogP contribution in [0.1, 0.15) is 74.2 Å². The van der Waals surface area contributed by atoms with Crippen LogP contribution in [0, 0.1) is 10.1 Å². The number of nitro groups is 1. The summed E-state index contributed by atoms with van der Waals surface area (Å²) in [5.74, 6) is -2.51. The van der Waals surface area contributed by atoms with Gasteiger partial charge in [0.2, 0.25) is 11.5 Å². The molecule has 0 saturated carbocycles. The number of fused-ring (bicyclic) bond motifs is 1. The van der Waals surface area contributed by atoms with Crippen LogP contribution in [0.25, 0.3) is 10.8 Å². The van der Waals surface area contributed by atoms with Gasteiger partial charge in [0.1, 0.15) is 28.4 Å². The Morgan fingerprint density at radius 3 is 1.60 bits per heavy atom. The lowest BCUT2D eigenvalue weighted by molar-refractivity contribution is -0.383. The maximum Gasteiger partial charge on any atom is 0.408 e. The van der Waals surface area contributed by atoms with Gasteiger partial charge >= 0.3 is 24.1 Å². The first-order chi connectivity index (χ1) is 22.5. The Kier molecular flexibility index (Phi) is 10.3. The number of ether oxygens (including phenoxy) is 2. The molecule has 0 bridgehead atoms. The summed E-state index contributed by atoms with van der Waals surface area (Å²) in [5.41, 5.74) is -1.73. The summed E-state index contributed by atoms with van der Waals surface area (Å²) < 4.78 is 21.4. The van der Waals surface area contributed by atoms with Gasteiger partial charge in [-0.25, -0.2) is 19.2 Å². The van der Waals surface area contributed by atoms with E-state index >= 15 is 0 Å². The zero-order chi connectivity index (χ0) is 35.2. The number of hydrogen-bond donors (Lipinski definition) is 2. The molecule has 16 heteroatoms. The van der Waals surface area contributed by atoms with E-state index in [1.54, 1.807) is 53.7 Å². The van der Waals surface area contributed by atoms with Crippen LogP contribution in [-0.4, -0.2) is 40.3 Å². The third kappa shape index (κ3) is 9.48. The summed E-state index contributed by atoms with van der Waals surface area (Å²) in [6.07, 6.45) is -1.40. The van der Waals surface area contributed by atoms with Crippen molar-refractivity contribution in [3.05, 3.63) is 93.8 Å². The van der Waals surface area contributed by atoms with Gasteiger partial charge in [-0.15, -0.1) is 0 Å². The molecule has 2 amide bonds. The highest BCUT2D eigenvalue weighted by Gasteiger charge is 2.28. The molecular weight excluding hydrogens is 632 g/mol. The largest absolute Gasteiger partial charge is 0.452 e. The molecule has 0 aliphatic carbocycles. The Labute approximate surface area is 273 Å². The molecule has 0 unspecified atom stereocenters. The standard InChI is InChI=1S/C32H34N4O12/c1-31(2,3)45-29(39)33-17-19-11-15-25(43-19)27(37)47-36(24-14-13-23(35(41)42)21-9-7-8-10-22(21)24)48-28(38)26-16-12-20(44-26)18-34-30(40)46-32(4,5)6/h7-16H,17-18H2,1-6H3,(H,33,39)(H,34,40). The van der Waals surface area contributed by atoms with Crippen LogP contribution in [0.15, 0.2) is 69.5 Å². The normalized spacial score (nSPS) is 11.4. The number of nitrogens with zero attached hydrogens (tertiary/aromatic N) is 2. The van der Waals surface area contributed by atoms with Gasteiger partial charge in [0, 0.05) is 11.5 Å². The molecule has 0 atom stereocenters. The van der Waals surface area contributed by atoms with Crippen LogP contribution < -0.4 is 15.9 Å². The molecule has 0 fully saturated rings. The minimum Gasteiger partial charge on any atom is -0.452 e. The van der Waals surface area contributed by atoms with E-state index in [-0.39, 0.29) is 58.3 Å². The average molecular weight is 667 g/mol. The van der Waals surface area contributed by atoms with Crippen LogP contribution in [0.5, 0.6) is 0 Å². The Balaban J connectivity index is 1.56. The number of rotatable bonds is 10. The average Bonchev–Trinajstić information content (AvgIpc) is 3.67. The number of carbonyl (C=O) groups excluding carboxylic acids is 4. The first-order valence-corrected chi connectivity index (χ1v) is 14.5. The molecule has 2 aromatic heterocycles. The van der Waals surface area contributed by atoms with Crippen molar-refractivity contribution in [3.8, 4) is 0 Å². The first-order valence-electron chi connectivity index (χ1n) is 14.5. The maximum atomic E-state index is 13.2. The lowest BCUT2D eigenvalue weighted by Crippen LogP contribution is -2.32. The monoisotopic (exact) mass is 666 g/mol. The lowest BCUT2D eigenvalue weighted by atomic mass is 10.1. The van der Waals surface area contributed by atoms with Gasteiger partial charge in [-0.1, -0.05) is 18.2 Å². The zero-order valence-corrected chi connectivity index (χ0v) is 27.0. The third-order valence-corrected chi connectivity index (χ3v) is 5.94. The van der Waals surface area contributed by atoms with Gasteiger partial charge in [-0.2, -0.15) is 0 Å². The Hall–Kier alpha value is -6.06. The molecule has 0 spiro atoms. The van der Waals surface area contributed by atoms with Gasteiger partial charge in [0.15, 0.2) is 0 Å². The van der Waals surface area contributed by atoms with Gasteiger partial charge in [-0.3, -0.25) is 19.8 Å². The zero-order valence-electron chi connectivity index (χ0n) is 27.0. The van der Waals surface area contributed by atoms with Crippen molar-refractivity contribution in [2.75, 3.05) is 5.23 Å². The maximum absolute atomic E-state index is 13.2. The molecule has 2 aromatic carbocycles. The molecule has 4 rings (SSSR count). The quantitative estimate of drug-likeness (QED) is 0.140. The topological polar surface area (TPSA) is 202 Å². The molecule has 0 aliphatic rings. The number of non-ortho nitro benzene ring substituents is 1. The van der Waals surface area contributed by atoms with Crippen molar-refractivity contribution in [3.63, 3.8) is 0 Å². The summed E-state index contributed by atoms with van der Waals surface area (Å²) in [6.45, 7) is 9.99. The van der Waals surface area contributed by atoms with E-state index in [1.165, 1.54) is 42.5 Å². The van der Waals surface area contributed by atoms with E-state index in [4.69, 9.17) is 28.0 Å². The van der Waals surface area contributed by atoms with Gasteiger partial charge < -0.3 is 28.9 Å². The minimum absolute atomic E-state index is 0.0466. The van der Waals surface area contributed by atoms with Crippen molar-refractivity contribution in [2.24, 2.45) is 0 Å². The van der Waals surface area contributed by atoms with Gasteiger partial charge in [-0.05, 0) is 83.2 Å². The van der Waals surface area contributed by atoms with Crippen molar-refractivity contribution in [1.29, 1.82) is 0 Å². The second kappa shape index (κ2) is 14.1. The fraction of sp³-hybridized carbons (Fsp3) is 0.312. The second-order valence-corrected chi connectivity index (χ2v) is 12.2. The molecular formula is C32H34N4O12.